The molecule has 3 N–H and O–H groups in total. The lowest BCUT2D eigenvalue weighted by molar-refractivity contribution is -0.154. The number of phosphoric ester groups is 1. The van der Waals surface area contributed by atoms with Crippen molar-refractivity contribution in [1.29, 1.82) is 0 Å². The van der Waals surface area contributed by atoms with Gasteiger partial charge in [-0.15, -0.1) is 0 Å². The average molecular weight is 774 g/mol. The fourth-order valence-electron chi connectivity index (χ4n) is 6.58. The summed E-state index contributed by atoms with van der Waals surface area (Å²) in [6.45, 7) is 4.94. The monoisotopic (exact) mass is 774 g/mol. The van der Waals surface area contributed by atoms with Crippen LogP contribution in [0.25, 0.3) is 0 Å². The first kappa shape index (κ1) is 52.2. The lowest BCUT2D eigenvalue weighted by atomic mass is 10.0. The molecule has 0 aromatic carbocycles. The third-order valence-corrected chi connectivity index (χ3v) is 10.9. The molecule has 0 heterocycles. The molecule has 8 nitrogen and oxygen atoms in total. The summed E-state index contributed by atoms with van der Waals surface area (Å²) in [5, 5.41) is 0. The SMILES string of the molecule is CCCCCC/C=C\CCCCCCCC(=O)OC(COCCCCCCCCCCCCCCCCCCCCCCC)COP(=O)(O)OCCN. The second kappa shape index (κ2) is 42.4. The largest absolute Gasteiger partial charge is 0.472 e. The molecule has 0 saturated carbocycles. The normalized spacial score (nSPS) is 13.5. The third-order valence-electron chi connectivity index (χ3n) is 9.93. The first-order valence-corrected chi connectivity index (χ1v) is 24.2. The molecule has 0 saturated heterocycles. The molecule has 0 rings (SSSR count). The number of nitrogens with two attached hydrogens (primary N) is 1. The lowest BCUT2D eigenvalue weighted by Gasteiger charge is -2.20. The highest BCUT2D eigenvalue weighted by atomic mass is 31.2. The molecule has 316 valence electrons. The summed E-state index contributed by atoms with van der Waals surface area (Å²) in [6, 6.07) is 0. The van der Waals surface area contributed by atoms with Crippen molar-refractivity contribution in [2.45, 2.75) is 232 Å². The van der Waals surface area contributed by atoms with E-state index in [2.05, 4.69) is 26.0 Å². The number of phosphoric acid groups is 1. The van der Waals surface area contributed by atoms with Crippen molar-refractivity contribution in [2.24, 2.45) is 5.73 Å². The predicted octanol–water partition coefficient (Wildman–Crippen LogP) is 13.5. The van der Waals surface area contributed by atoms with Crippen molar-refractivity contribution in [3.63, 3.8) is 0 Å². The van der Waals surface area contributed by atoms with E-state index in [0.717, 1.165) is 44.9 Å². The van der Waals surface area contributed by atoms with Crippen LogP contribution in [0, 0.1) is 0 Å². The zero-order chi connectivity index (χ0) is 38.8. The molecule has 9 heteroatoms. The van der Waals surface area contributed by atoms with Crippen LogP contribution in [-0.2, 0) is 27.9 Å². The molecule has 2 unspecified atom stereocenters. The molecule has 0 aliphatic rings. The van der Waals surface area contributed by atoms with E-state index in [1.165, 1.54) is 161 Å². The van der Waals surface area contributed by atoms with E-state index in [0.29, 0.717) is 13.0 Å². The highest BCUT2D eigenvalue weighted by Gasteiger charge is 2.25. The van der Waals surface area contributed by atoms with Crippen molar-refractivity contribution < 1.29 is 32.8 Å². The second-order valence-electron chi connectivity index (χ2n) is 15.3. The quantitative estimate of drug-likeness (QED) is 0.0272. The van der Waals surface area contributed by atoms with Crippen LogP contribution in [0.1, 0.15) is 226 Å². The number of hydrogen-bond acceptors (Lipinski definition) is 7. The van der Waals surface area contributed by atoms with E-state index in [1.807, 2.05) is 0 Å². The average Bonchev–Trinajstić information content (AvgIpc) is 3.15. The van der Waals surface area contributed by atoms with Gasteiger partial charge >= 0.3 is 13.8 Å². The van der Waals surface area contributed by atoms with Crippen LogP contribution in [0.15, 0.2) is 12.2 Å². The number of carbonyl (C=O) groups excluding carboxylic acids is 1. The van der Waals surface area contributed by atoms with Crippen LogP contribution < -0.4 is 5.73 Å². The van der Waals surface area contributed by atoms with Gasteiger partial charge in [-0.25, -0.2) is 4.57 Å². The Kier molecular flexibility index (Phi) is 41.8. The minimum absolute atomic E-state index is 0.0937. The molecule has 0 spiro atoms. The zero-order valence-corrected chi connectivity index (χ0v) is 35.9. The summed E-state index contributed by atoms with van der Waals surface area (Å²) in [4.78, 5) is 22.5. The highest BCUT2D eigenvalue weighted by Crippen LogP contribution is 2.43. The van der Waals surface area contributed by atoms with Gasteiger partial charge in [0.15, 0.2) is 0 Å². The molecule has 0 amide bonds. The Labute approximate surface area is 328 Å². The van der Waals surface area contributed by atoms with Gasteiger partial charge in [-0.1, -0.05) is 193 Å². The number of allylic oxidation sites excluding steroid dienone is 2. The van der Waals surface area contributed by atoms with E-state index < -0.39 is 13.9 Å². The minimum Gasteiger partial charge on any atom is -0.457 e. The maximum atomic E-state index is 12.6. The van der Waals surface area contributed by atoms with Gasteiger partial charge in [0.05, 0.1) is 19.8 Å². The van der Waals surface area contributed by atoms with Gasteiger partial charge in [-0.05, 0) is 38.5 Å². The Morgan fingerprint density at radius 2 is 0.943 bits per heavy atom. The fraction of sp³-hybridized carbons (Fsp3) is 0.932. The smallest absolute Gasteiger partial charge is 0.457 e. The van der Waals surface area contributed by atoms with Gasteiger partial charge < -0.3 is 20.1 Å². The summed E-state index contributed by atoms with van der Waals surface area (Å²) in [5.41, 5.74) is 5.37. The number of hydrogen-bond donors (Lipinski definition) is 2. The van der Waals surface area contributed by atoms with Gasteiger partial charge in [0, 0.05) is 19.6 Å². The number of unbranched alkanes of at least 4 members (excludes halogenated alkanes) is 29. The Hall–Kier alpha value is -0.760. The second-order valence-corrected chi connectivity index (χ2v) is 16.7. The Morgan fingerprint density at radius 3 is 1.40 bits per heavy atom. The third kappa shape index (κ3) is 42.2. The van der Waals surface area contributed by atoms with Crippen LogP contribution >= 0.6 is 7.82 Å². The molecule has 2 atom stereocenters. The summed E-state index contributed by atoms with van der Waals surface area (Å²) in [6.07, 6.45) is 45.2. The molecule has 0 radical (unpaired) electrons. The van der Waals surface area contributed by atoms with Crippen molar-refractivity contribution in [2.75, 3.05) is 33.0 Å². The van der Waals surface area contributed by atoms with Gasteiger partial charge in [0.25, 0.3) is 0 Å². The molecule has 53 heavy (non-hydrogen) atoms. The van der Waals surface area contributed by atoms with Gasteiger partial charge in [0.1, 0.15) is 6.10 Å². The molecule has 0 aliphatic heterocycles. The van der Waals surface area contributed by atoms with Crippen molar-refractivity contribution >= 4 is 13.8 Å². The van der Waals surface area contributed by atoms with Crippen molar-refractivity contribution in [3.8, 4) is 0 Å². The van der Waals surface area contributed by atoms with Crippen molar-refractivity contribution in [3.05, 3.63) is 12.2 Å². The Bertz CT molecular complexity index is 828. The number of esters is 1. The Balaban J connectivity index is 3.92. The number of rotatable bonds is 44. The summed E-state index contributed by atoms with van der Waals surface area (Å²) in [7, 11) is -4.27. The van der Waals surface area contributed by atoms with E-state index in [1.54, 1.807) is 0 Å². The minimum atomic E-state index is -4.27. The van der Waals surface area contributed by atoms with Gasteiger partial charge in [-0.3, -0.25) is 13.8 Å². The Morgan fingerprint density at radius 1 is 0.547 bits per heavy atom. The molecular weight excluding hydrogens is 685 g/mol. The topological polar surface area (TPSA) is 117 Å². The van der Waals surface area contributed by atoms with Crippen LogP contribution in [0.5, 0.6) is 0 Å². The molecule has 0 aromatic heterocycles. The van der Waals surface area contributed by atoms with Crippen LogP contribution in [0.4, 0.5) is 0 Å². The molecule has 0 aliphatic carbocycles. The summed E-state index contributed by atoms with van der Waals surface area (Å²) in [5.74, 6) is -0.335. The predicted molar refractivity (Wildman–Crippen MR) is 224 cm³/mol. The fourth-order valence-corrected chi connectivity index (χ4v) is 7.35. The summed E-state index contributed by atoms with van der Waals surface area (Å²) < 4.78 is 33.4. The van der Waals surface area contributed by atoms with Crippen LogP contribution in [0.3, 0.4) is 0 Å². The molecular formula is C44H88NO7P. The maximum absolute atomic E-state index is 12.6. The molecule has 0 fully saturated rings. The zero-order valence-electron chi connectivity index (χ0n) is 35.0. The highest BCUT2D eigenvalue weighted by molar-refractivity contribution is 7.47. The number of carbonyl (C=O) groups is 1. The summed E-state index contributed by atoms with van der Waals surface area (Å²) >= 11 is 0. The molecule has 0 aromatic rings. The lowest BCUT2D eigenvalue weighted by Crippen LogP contribution is -2.28. The standard InChI is InChI=1S/C44H88NO7P/c1-3-5-7-9-11-13-15-17-18-19-20-21-22-23-24-26-28-30-32-34-36-39-49-41-43(42-51-53(47,48)50-40-38-45)52-44(46)37-35-33-31-29-27-25-16-14-12-10-8-6-4-2/h14,16,43H,3-13,15,17-42,45H2,1-2H3,(H,47,48)/b16-14-. The first-order chi connectivity index (χ1) is 25.9. The van der Waals surface area contributed by atoms with Crippen molar-refractivity contribution in [1.82, 2.24) is 0 Å². The van der Waals surface area contributed by atoms with Gasteiger partial charge in [0.2, 0.25) is 0 Å². The van der Waals surface area contributed by atoms with E-state index in [4.69, 9.17) is 24.3 Å². The maximum Gasteiger partial charge on any atom is 0.472 e. The first-order valence-electron chi connectivity index (χ1n) is 22.7. The van der Waals surface area contributed by atoms with Crippen LogP contribution in [-0.4, -0.2) is 49.9 Å². The van der Waals surface area contributed by atoms with Crippen LogP contribution in [0.2, 0.25) is 0 Å². The van der Waals surface area contributed by atoms with Gasteiger partial charge in [-0.2, -0.15) is 0 Å². The van der Waals surface area contributed by atoms with E-state index in [-0.39, 0.29) is 32.3 Å². The number of ether oxygens (including phenoxy) is 2. The van der Waals surface area contributed by atoms with E-state index in [9.17, 15) is 14.3 Å². The molecule has 0 bridgehead atoms. The van der Waals surface area contributed by atoms with E-state index >= 15 is 0 Å².